The highest BCUT2D eigenvalue weighted by Crippen LogP contribution is 2.30. The Morgan fingerprint density at radius 2 is 1.61 bits per heavy atom. The van der Waals surface area contributed by atoms with Crippen LogP contribution in [0.25, 0.3) is 0 Å². The minimum atomic E-state index is 0. The summed E-state index contributed by atoms with van der Waals surface area (Å²) >= 11 is 18.1. The fourth-order valence-corrected chi connectivity index (χ4v) is 3.01. The van der Waals surface area contributed by atoms with E-state index in [1.807, 2.05) is 6.92 Å². The summed E-state index contributed by atoms with van der Waals surface area (Å²) in [5.74, 6) is 0.662. The lowest BCUT2D eigenvalue weighted by Gasteiger charge is -2.11. The number of aromatic nitrogens is 2. The number of nitrogens with zero attached hydrogens (tertiary/aromatic N) is 2. The highest BCUT2D eigenvalue weighted by molar-refractivity contribution is 6.43. The Balaban J connectivity index is 0.00000264. The molecule has 0 aliphatic rings. The molecule has 2 rings (SSSR count). The third-order valence-corrected chi connectivity index (χ3v) is 4.51. The van der Waals surface area contributed by atoms with Crippen LogP contribution in [0.3, 0.4) is 0 Å². The van der Waals surface area contributed by atoms with Gasteiger partial charge in [0.15, 0.2) is 0 Å². The van der Waals surface area contributed by atoms with Crippen molar-refractivity contribution in [3.63, 3.8) is 0 Å². The van der Waals surface area contributed by atoms with E-state index in [4.69, 9.17) is 46.3 Å². The van der Waals surface area contributed by atoms with Crippen molar-refractivity contribution in [3.05, 3.63) is 44.0 Å². The summed E-state index contributed by atoms with van der Waals surface area (Å²) in [5.41, 5.74) is 14.4. The van der Waals surface area contributed by atoms with Crippen molar-refractivity contribution >= 4 is 59.0 Å². The van der Waals surface area contributed by atoms with Gasteiger partial charge in [-0.1, -0.05) is 41.7 Å². The predicted molar refractivity (Wildman–Crippen MR) is 101 cm³/mol. The molecule has 0 atom stereocenters. The summed E-state index contributed by atoms with van der Waals surface area (Å²) in [4.78, 5) is 8.27. The zero-order valence-corrected chi connectivity index (χ0v) is 15.7. The van der Waals surface area contributed by atoms with Crippen LogP contribution in [0.1, 0.15) is 30.2 Å². The maximum atomic E-state index is 6.18. The van der Waals surface area contributed by atoms with Gasteiger partial charge in [-0.15, -0.1) is 12.4 Å². The van der Waals surface area contributed by atoms with E-state index >= 15 is 0 Å². The number of nitrogens with two attached hydrogens (primary N) is 2. The first-order chi connectivity index (χ1) is 10.4. The van der Waals surface area contributed by atoms with E-state index in [-0.39, 0.29) is 18.4 Å². The molecule has 2 aromatic rings. The van der Waals surface area contributed by atoms with Gasteiger partial charge in [0.1, 0.15) is 5.82 Å². The van der Waals surface area contributed by atoms with Gasteiger partial charge in [0, 0.05) is 10.6 Å². The molecule has 0 aliphatic carbocycles. The van der Waals surface area contributed by atoms with Crippen LogP contribution in [0.5, 0.6) is 0 Å². The molecule has 0 fully saturated rings. The van der Waals surface area contributed by atoms with E-state index in [9.17, 15) is 0 Å². The molecule has 0 bridgehead atoms. The van der Waals surface area contributed by atoms with Crippen LogP contribution in [-0.2, 0) is 19.3 Å². The number of hydrogen-bond acceptors (Lipinski definition) is 4. The molecule has 0 amide bonds. The van der Waals surface area contributed by atoms with Gasteiger partial charge < -0.3 is 11.5 Å². The van der Waals surface area contributed by atoms with Gasteiger partial charge in [-0.05, 0) is 43.4 Å². The maximum Gasteiger partial charge on any atom is 0.222 e. The largest absolute Gasteiger partial charge is 0.383 e. The second kappa shape index (κ2) is 8.78. The van der Waals surface area contributed by atoms with Crippen LogP contribution in [0.2, 0.25) is 15.1 Å². The molecular formula is C15H18Cl4N4. The lowest BCUT2D eigenvalue weighted by Crippen LogP contribution is -2.09. The van der Waals surface area contributed by atoms with Crippen molar-refractivity contribution in [1.82, 2.24) is 9.97 Å². The molecule has 1 aromatic heterocycles. The van der Waals surface area contributed by atoms with E-state index in [0.717, 1.165) is 42.5 Å². The van der Waals surface area contributed by atoms with Crippen molar-refractivity contribution < 1.29 is 0 Å². The molecule has 23 heavy (non-hydrogen) atoms. The minimum Gasteiger partial charge on any atom is -0.383 e. The van der Waals surface area contributed by atoms with Gasteiger partial charge in [-0.3, -0.25) is 0 Å². The molecule has 0 radical (unpaired) electrons. The smallest absolute Gasteiger partial charge is 0.222 e. The molecule has 1 heterocycles. The Kier molecular flexibility index (Phi) is 7.68. The SMILES string of the molecule is CCc1nc(N)nc(N)c1CCCc1cc(Cl)c(Cl)cc1Cl.Cl. The van der Waals surface area contributed by atoms with E-state index in [2.05, 4.69) is 9.97 Å². The number of anilines is 2. The maximum absolute atomic E-state index is 6.18. The summed E-state index contributed by atoms with van der Waals surface area (Å²) in [6, 6.07) is 3.47. The minimum absolute atomic E-state index is 0. The van der Waals surface area contributed by atoms with Gasteiger partial charge in [-0.25, -0.2) is 4.98 Å². The van der Waals surface area contributed by atoms with E-state index in [0.29, 0.717) is 20.9 Å². The number of aryl methyl sites for hydroxylation is 2. The van der Waals surface area contributed by atoms with Crippen molar-refractivity contribution in [1.29, 1.82) is 0 Å². The zero-order valence-electron chi connectivity index (χ0n) is 12.6. The third kappa shape index (κ3) is 5.01. The molecular weight excluding hydrogens is 378 g/mol. The number of benzene rings is 1. The van der Waals surface area contributed by atoms with Gasteiger partial charge in [-0.2, -0.15) is 4.98 Å². The van der Waals surface area contributed by atoms with Crippen LogP contribution >= 0.6 is 47.2 Å². The Bertz CT molecular complexity index is 692. The average Bonchev–Trinajstić information content (AvgIpc) is 2.45. The van der Waals surface area contributed by atoms with Gasteiger partial charge in [0.2, 0.25) is 5.95 Å². The fourth-order valence-electron chi connectivity index (χ4n) is 2.35. The summed E-state index contributed by atoms with van der Waals surface area (Å²) in [6.07, 6.45) is 3.14. The highest BCUT2D eigenvalue weighted by atomic mass is 35.5. The first kappa shape index (κ1) is 20.1. The van der Waals surface area contributed by atoms with Crippen LogP contribution < -0.4 is 11.5 Å². The number of nitrogen functional groups attached to an aromatic ring is 2. The lowest BCUT2D eigenvalue weighted by atomic mass is 10.0. The van der Waals surface area contributed by atoms with Gasteiger partial charge in [0.05, 0.1) is 15.7 Å². The topological polar surface area (TPSA) is 77.8 Å². The summed E-state index contributed by atoms with van der Waals surface area (Å²) in [5, 5.41) is 1.58. The van der Waals surface area contributed by atoms with E-state index in [1.165, 1.54) is 0 Å². The van der Waals surface area contributed by atoms with Gasteiger partial charge in [0.25, 0.3) is 0 Å². The molecule has 8 heteroatoms. The Labute approximate surface area is 156 Å². The van der Waals surface area contributed by atoms with Crippen molar-refractivity contribution in [3.8, 4) is 0 Å². The van der Waals surface area contributed by atoms with E-state index < -0.39 is 0 Å². The molecule has 0 spiro atoms. The summed E-state index contributed by atoms with van der Waals surface area (Å²) in [6.45, 7) is 2.01. The Hall–Kier alpha value is -0.940. The van der Waals surface area contributed by atoms with Crippen LogP contribution in [0, 0.1) is 0 Å². The molecule has 126 valence electrons. The molecule has 0 unspecified atom stereocenters. The molecule has 1 aromatic carbocycles. The predicted octanol–water partition coefficient (Wildman–Crippen LogP) is 4.76. The number of halogens is 4. The molecule has 0 saturated heterocycles. The van der Waals surface area contributed by atoms with E-state index in [1.54, 1.807) is 12.1 Å². The van der Waals surface area contributed by atoms with Crippen molar-refractivity contribution in [2.75, 3.05) is 11.5 Å². The number of rotatable bonds is 5. The number of hydrogen-bond donors (Lipinski definition) is 2. The second-order valence-corrected chi connectivity index (χ2v) is 6.18. The third-order valence-electron chi connectivity index (χ3n) is 3.44. The van der Waals surface area contributed by atoms with Crippen molar-refractivity contribution in [2.24, 2.45) is 0 Å². The fraction of sp³-hybridized carbons (Fsp3) is 0.333. The molecule has 4 nitrogen and oxygen atoms in total. The Morgan fingerprint density at radius 1 is 0.957 bits per heavy atom. The zero-order chi connectivity index (χ0) is 16.3. The Morgan fingerprint density at radius 3 is 2.26 bits per heavy atom. The summed E-state index contributed by atoms with van der Waals surface area (Å²) in [7, 11) is 0. The summed E-state index contributed by atoms with van der Waals surface area (Å²) < 4.78 is 0. The average molecular weight is 396 g/mol. The van der Waals surface area contributed by atoms with Gasteiger partial charge >= 0.3 is 0 Å². The first-order valence-electron chi connectivity index (χ1n) is 6.96. The molecule has 0 saturated carbocycles. The van der Waals surface area contributed by atoms with Crippen LogP contribution in [-0.4, -0.2) is 9.97 Å². The van der Waals surface area contributed by atoms with Crippen LogP contribution in [0.4, 0.5) is 11.8 Å². The standard InChI is InChI=1S/C15H17Cl3N4.ClH/c1-2-13-9(14(19)22-15(20)21-13)5-3-4-8-6-11(17)12(18)7-10(8)16;/h6-7H,2-5H2,1H3,(H4,19,20,21,22);1H. The monoisotopic (exact) mass is 394 g/mol. The quantitative estimate of drug-likeness (QED) is 0.715. The lowest BCUT2D eigenvalue weighted by molar-refractivity contribution is 0.798. The van der Waals surface area contributed by atoms with Crippen molar-refractivity contribution in [2.45, 2.75) is 32.6 Å². The molecule has 4 N–H and O–H groups in total. The normalized spacial score (nSPS) is 10.4. The van der Waals surface area contributed by atoms with Crippen LogP contribution in [0.15, 0.2) is 12.1 Å². The molecule has 0 aliphatic heterocycles. The second-order valence-electron chi connectivity index (χ2n) is 4.96. The highest BCUT2D eigenvalue weighted by Gasteiger charge is 2.11. The first-order valence-corrected chi connectivity index (χ1v) is 8.10.